The van der Waals surface area contributed by atoms with E-state index in [-0.39, 0.29) is 12.4 Å². The van der Waals surface area contributed by atoms with Crippen molar-refractivity contribution in [2.24, 2.45) is 0 Å². The smallest absolute Gasteiger partial charge is 0.128 e. The van der Waals surface area contributed by atoms with Gasteiger partial charge in [-0.15, -0.1) is 0 Å². The summed E-state index contributed by atoms with van der Waals surface area (Å²) in [6.45, 7) is 1.97. The number of aliphatic hydroxyl groups is 1. The second-order valence-electron chi connectivity index (χ2n) is 8.02. The third-order valence-electron chi connectivity index (χ3n) is 5.60. The van der Waals surface area contributed by atoms with Crippen molar-refractivity contribution in [3.05, 3.63) is 83.9 Å². The molecule has 1 aromatic heterocycles. The molecule has 5 nitrogen and oxygen atoms in total. The average Bonchev–Trinajstić information content (AvgIpc) is 3.55. The molecule has 0 amide bonds. The van der Waals surface area contributed by atoms with Crippen LogP contribution in [-0.4, -0.2) is 47.0 Å². The van der Waals surface area contributed by atoms with E-state index in [1.165, 1.54) is 6.07 Å². The third kappa shape index (κ3) is 5.87. The zero-order valence-corrected chi connectivity index (χ0v) is 17.8. The zero-order valence-electron chi connectivity index (χ0n) is 17.8. The molecule has 31 heavy (non-hydrogen) atoms. The van der Waals surface area contributed by atoms with Crippen LogP contribution in [0.3, 0.4) is 0 Å². The molecule has 0 radical (unpaired) electrons. The maximum absolute atomic E-state index is 14.1. The minimum absolute atomic E-state index is 0.188. The summed E-state index contributed by atoms with van der Waals surface area (Å²) in [6, 6.07) is 18.8. The van der Waals surface area contributed by atoms with Gasteiger partial charge in [0, 0.05) is 36.6 Å². The Labute approximate surface area is 182 Å². The van der Waals surface area contributed by atoms with Crippen LogP contribution in [0.15, 0.2) is 66.9 Å². The van der Waals surface area contributed by atoms with Crippen molar-refractivity contribution in [3.8, 4) is 11.5 Å². The fourth-order valence-electron chi connectivity index (χ4n) is 3.74. The van der Waals surface area contributed by atoms with Crippen LogP contribution >= 0.6 is 0 Å². The molecule has 0 bridgehead atoms. The molecule has 1 N–H and O–H groups in total. The first-order valence-electron chi connectivity index (χ1n) is 10.7. The van der Waals surface area contributed by atoms with Crippen molar-refractivity contribution in [3.63, 3.8) is 0 Å². The Balaban J connectivity index is 1.34. The summed E-state index contributed by atoms with van der Waals surface area (Å²) in [5.41, 5.74) is 1.78. The number of nitrogens with zero attached hydrogens (tertiary/aromatic N) is 2. The minimum atomic E-state index is -0.599. The number of benzene rings is 2. The topological polar surface area (TPSA) is 46.9 Å². The van der Waals surface area contributed by atoms with Gasteiger partial charge in [-0.05, 0) is 55.3 Å². The largest absolute Gasteiger partial charge is 0.497 e. The lowest BCUT2D eigenvalue weighted by Crippen LogP contribution is -2.37. The van der Waals surface area contributed by atoms with Crippen molar-refractivity contribution in [1.82, 2.24) is 9.47 Å². The zero-order chi connectivity index (χ0) is 21.6. The number of halogens is 1. The molecule has 0 saturated heterocycles. The molecule has 2 aromatic carbocycles. The Hall–Kier alpha value is -2.83. The minimum Gasteiger partial charge on any atom is -0.497 e. The van der Waals surface area contributed by atoms with E-state index in [0.717, 1.165) is 24.3 Å². The first-order chi connectivity index (χ1) is 15.1. The first-order valence-corrected chi connectivity index (χ1v) is 10.7. The van der Waals surface area contributed by atoms with Crippen LogP contribution in [0.4, 0.5) is 4.39 Å². The van der Waals surface area contributed by atoms with Crippen LogP contribution in [0.2, 0.25) is 0 Å². The van der Waals surface area contributed by atoms with E-state index in [4.69, 9.17) is 9.47 Å². The molecule has 0 spiro atoms. The molecule has 0 aliphatic heterocycles. The highest BCUT2D eigenvalue weighted by atomic mass is 19.1. The average molecular weight is 425 g/mol. The van der Waals surface area contributed by atoms with E-state index in [1.807, 2.05) is 48.7 Å². The number of aromatic nitrogens is 1. The summed E-state index contributed by atoms with van der Waals surface area (Å²) in [7, 11) is 1.62. The lowest BCUT2D eigenvalue weighted by atomic mass is 10.2. The highest BCUT2D eigenvalue weighted by Gasteiger charge is 2.31. The Kier molecular flexibility index (Phi) is 6.89. The van der Waals surface area contributed by atoms with Crippen LogP contribution < -0.4 is 9.47 Å². The molecule has 4 rings (SSSR count). The Morgan fingerprint density at radius 1 is 1.06 bits per heavy atom. The van der Waals surface area contributed by atoms with E-state index < -0.39 is 6.10 Å². The molecule has 1 aliphatic rings. The maximum Gasteiger partial charge on any atom is 0.128 e. The number of hydrogen-bond acceptors (Lipinski definition) is 4. The normalized spacial score (nSPS) is 14.6. The molecule has 164 valence electrons. The van der Waals surface area contributed by atoms with E-state index in [0.29, 0.717) is 37.0 Å². The molecular formula is C25H29FN2O3. The number of aliphatic hydroxyl groups excluding tert-OH is 1. The summed E-state index contributed by atoms with van der Waals surface area (Å²) in [4.78, 5) is 2.30. The van der Waals surface area contributed by atoms with Crippen LogP contribution in [0, 0.1) is 5.82 Å². The number of methoxy groups -OCH3 is 1. The number of ether oxygens (including phenoxy) is 2. The van der Waals surface area contributed by atoms with Gasteiger partial charge >= 0.3 is 0 Å². The highest BCUT2D eigenvalue weighted by Crippen LogP contribution is 2.29. The molecule has 6 heteroatoms. The van der Waals surface area contributed by atoms with Gasteiger partial charge in [0.1, 0.15) is 30.0 Å². The molecule has 1 saturated carbocycles. The van der Waals surface area contributed by atoms with Crippen molar-refractivity contribution in [1.29, 1.82) is 0 Å². The Morgan fingerprint density at radius 2 is 1.81 bits per heavy atom. The summed E-state index contributed by atoms with van der Waals surface area (Å²) in [6.07, 6.45) is 3.66. The molecule has 1 fully saturated rings. The summed E-state index contributed by atoms with van der Waals surface area (Å²) in [5, 5.41) is 10.6. The first kappa shape index (κ1) is 21.4. The molecule has 3 aromatic rings. The molecule has 1 atom stereocenters. The van der Waals surface area contributed by atoms with Gasteiger partial charge in [-0.2, -0.15) is 0 Å². The number of rotatable bonds is 11. The van der Waals surface area contributed by atoms with Crippen LogP contribution in [0.25, 0.3) is 0 Å². The standard InChI is InChI=1S/C25H29FN2O3/c1-30-23-10-12-24(13-11-23)31-18-22(29)17-28(20-8-9-20)16-21-6-4-14-27(21)15-19-5-2-3-7-25(19)26/h2-7,10-14,20,22,29H,8-9,15-18H2,1H3/t22-/m1/s1. The monoisotopic (exact) mass is 424 g/mol. The molecule has 1 aliphatic carbocycles. The third-order valence-corrected chi connectivity index (χ3v) is 5.60. The Morgan fingerprint density at radius 3 is 2.52 bits per heavy atom. The van der Waals surface area contributed by atoms with Gasteiger partial charge < -0.3 is 19.1 Å². The van der Waals surface area contributed by atoms with Gasteiger partial charge in [-0.25, -0.2) is 4.39 Å². The predicted molar refractivity (Wildman–Crippen MR) is 118 cm³/mol. The van der Waals surface area contributed by atoms with Crippen LogP contribution in [0.1, 0.15) is 24.1 Å². The summed E-state index contributed by atoms with van der Waals surface area (Å²) >= 11 is 0. The van der Waals surface area contributed by atoms with Crippen LogP contribution in [-0.2, 0) is 13.1 Å². The molecule has 1 heterocycles. The van der Waals surface area contributed by atoms with E-state index >= 15 is 0 Å². The second kappa shape index (κ2) is 9.98. The van der Waals surface area contributed by atoms with Gasteiger partial charge in [0.15, 0.2) is 0 Å². The lowest BCUT2D eigenvalue weighted by molar-refractivity contribution is 0.0618. The van der Waals surface area contributed by atoms with E-state index in [1.54, 1.807) is 13.2 Å². The highest BCUT2D eigenvalue weighted by molar-refractivity contribution is 5.31. The second-order valence-corrected chi connectivity index (χ2v) is 8.02. The predicted octanol–water partition coefficient (Wildman–Crippen LogP) is 4.09. The van der Waals surface area contributed by atoms with E-state index in [9.17, 15) is 9.50 Å². The van der Waals surface area contributed by atoms with Gasteiger partial charge in [-0.1, -0.05) is 18.2 Å². The summed E-state index contributed by atoms with van der Waals surface area (Å²) < 4.78 is 27.0. The van der Waals surface area contributed by atoms with Crippen LogP contribution in [0.5, 0.6) is 11.5 Å². The number of hydrogen-bond donors (Lipinski definition) is 1. The SMILES string of the molecule is COc1ccc(OC[C@H](O)CN(Cc2cccn2Cc2ccccc2F)C2CC2)cc1. The molecule has 0 unspecified atom stereocenters. The van der Waals surface area contributed by atoms with Gasteiger partial charge in [0.2, 0.25) is 0 Å². The van der Waals surface area contributed by atoms with Gasteiger partial charge in [0.25, 0.3) is 0 Å². The van der Waals surface area contributed by atoms with Crippen molar-refractivity contribution in [2.75, 3.05) is 20.3 Å². The summed E-state index contributed by atoms with van der Waals surface area (Å²) in [5.74, 6) is 1.29. The van der Waals surface area contributed by atoms with Gasteiger partial charge in [0.05, 0.1) is 13.7 Å². The lowest BCUT2D eigenvalue weighted by Gasteiger charge is -2.25. The van der Waals surface area contributed by atoms with Gasteiger partial charge in [-0.3, -0.25) is 4.90 Å². The van der Waals surface area contributed by atoms with E-state index in [2.05, 4.69) is 15.5 Å². The fourth-order valence-corrected chi connectivity index (χ4v) is 3.74. The van der Waals surface area contributed by atoms with Crippen molar-refractivity contribution >= 4 is 0 Å². The van der Waals surface area contributed by atoms with Crippen molar-refractivity contribution < 1.29 is 19.0 Å². The van der Waals surface area contributed by atoms with Crippen molar-refractivity contribution in [2.45, 2.75) is 38.1 Å². The fraction of sp³-hybridized carbons (Fsp3) is 0.360. The Bertz CT molecular complexity index is 969. The maximum atomic E-state index is 14.1. The quantitative estimate of drug-likeness (QED) is 0.504. The molecular weight excluding hydrogens is 395 g/mol.